The number of benzene rings is 2. The quantitative estimate of drug-likeness (QED) is 0.281. The molecule has 1 radical (unpaired) electrons. The number of nitrogens with zero attached hydrogens (tertiary/aromatic N) is 3. The summed E-state index contributed by atoms with van der Waals surface area (Å²) in [6, 6.07) is 8.58. The molecule has 0 N–H and O–H groups in total. The van der Waals surface area contributed by atoms with Crippen LogP contribution in [0.25, 0.3) is 22.2 Å². The molecule has 0 unspecified atom stereocenters. The Balaban J connectivity index is 0.00000225. The van der Waals surface area contributed by atoms with Gasteiger partial charge in [-0.3, -0.25) is 10.1 Å². The third-order valence-electron chi connectivity index (χ3n) is 3.45. The molecule has 0 bridgehead atoms. The summed E-state index contributed by atoms with van der Waals surface area (Å²) in [7, 11) is 1.52. The minimum absolute atomic E-state index is 0. The first kappa shape index (κ1) is 19.0. The Bertz CT molecular complexity index is 900. The van der Waals surface area contributed by atoms with Gasteiger partial charge in [0.15, 0.2) is 11.6 Å². The molecule has 3 aromatic rings. The van der Waals surface area contributed by atoms with Crippen LogP contribution in [-0.2, 0) is 24.8 Å². The van der Waals surface area contributed by atoms with Crippen molar-refractivity contribution in [3.63, 3.8) is 0 Å². The van der Waals surface area contributed by atoms with Crippen molar-refractivity contribution in [3.8, 4) is 17.0 Å². The average molecular weight is 523 g/mol. The maximum Gasteiger partial charge on any atom is 0.270 e. The van der Waals surface area contributed by atoms with E-state index < -0.39 is 10.7 Å². The van der Waals surface area contributed by atoms with Crippen LogP contribution in [0.15, 0.2) is 36.4 Å². The fraction of sp³-hybridized carbons (Fsp3) is 0.188. The molecule has 1 heterocycles. The molecular formula is C16H13FIrN3O4-. The van der Waals surface area contributed by atoms with Crippen LogP contribution < -0.4 is 9.84 Å². The van der Waals surface area contributed by atoms with Crippen LogP contribution in [0.2, 0.25) is 0 Å². The first-order chi connectivity index (χ1) is 11.6. The van der Waals surface area contributed by atoms with Crippen molar-refractivity contribution < 1.29 is 38.9 Å². The molecule has 0 aliphatic rings. The Kier molecular flexibility index (Phi) is 6.19. The zero-order chi connectivity index (χ0) is 17.1. The normalized spacial score (nSPS) is 10.5. The fourth-order valence-electron chi connectivity index (χ4n) is 2.28. The summed E-state index contributed by atoms with van der Waals surface area (Å²) in [6.07, 6.45) is 0. The van der Waals surface area contributed by atoms with Crippen molar-refractivity contribution in [1.29, 1.82) is 0 Å². The number of hydrogen-bond acceptors (Lipinski definition) is 5. The largest absolute Gasteiger partial charge is 0.574 e. The molecule has 1 aromatic heterocycles. The molecule has 0 atom stereocenters. The van der Waals surface area contributed by atoms with Gasteiger partial charge in [-0.1, -0.05) is 6.07 Å². The number of ether oxygens (including phenoxy) is 2. The van der Waals surface area contributed by atoms with Crippen LogP contribution in [0, 0.1) is 15.9 Å². The van der Waals surface area contributed by atoms with E-state index in [0.29, 0.717) is 28.8 Å². The number of fused-ring (bicyclic) bond motifs is 1. The van der Waals surface area contributed by atoms with Gasteiger partial charge in [-0.25, -0.2) is 4.39 Å². The average Bonchev–Trinajstić information content (AvgIpc) is 3.00. The summed E-state index contributed by atoms with van der Waals surface area (Å²) in [6.45, 7) is 0.532. The summed E-state index contributed by atoms with van der Waals surface area (Å²) < 4.78 is 24.0. The van der Waals surface area contributed by atoms with Crippen molar-refractivity contribution in [2.75, 3.05) is 20.3 Å². The number of methoxy groups -OCH3 is 1. The number of hydrogen-bond donors (Lipinski definition) is 0. The van der Waals surface area contributed by atoms with Gasteiger partial charge in [-0.15, -0.1) is 5.52 Å². The van der Waals surface area contributed by atoms with Crippen LogP contribution in [0.4, 0.5) is 10.1 Å². The predicted octanol–water partition coefficient (Wildman–Crippen LogP) is 2.93. The minimum Gasteiger partial charge on any atom is -0.574 e. The standard InChI is InChI=1S/C16H13FN3O4.Ir/c1-23-6-7-24-15-8-10(2-4-13(15)17)16-12-9-11(20(21)22)3-5-14(12)18-19-16;/h2-5,8-9H,6-7H2,1H3;/q-1;. The second-order valence-corrected chi connectivity index (χ2v) is 4.99. The van der Waals surface area contributed by atoms with Gasteiger partial charge in [0.1, 0.15) is 6.61 Å². The molecule has 3 rings (SSSR count). The van der Waals surface area contributed by atoms with Gasteiger partial charge in [-0.05, 0) is 23.6 Å². The molecule has 25 heavy (non-hydrogen) atoms. The van der Waals surface area contributed by atoms with E-state index in [1.807, 2.05) is 0 Å². The Hall–Kier alpha value is -2.35. The van der Waals surface area contributed by atoms with E-state index in [4.69, 9.17) is 9.47 Å². The monoisotopic (exact) mass is 523 g/mol. The molecule has 0 spiro atoms. The molecule has 133 valence electrons. The maximum absolute atomic E-state index is 13.8. The zero-order valence-corrected chi connectivity index (χ0v) is 15.5. The van der Waals surface area contributed by atoms with Crippen LogP contribution in [0.5, 0.6) is 5.75 Å². The number of nitro benzene ring substituents is 1. The summed E-state index contributed by atoms with van der Waals surface area (Å²) in [5, 5.41) is 19.5. The van der Waals surface area contributed by atoms with Crippen molar-refractivity contribution in [2.45, 2.75) is 0 Å². The van der Waals surface area contributed by atoms with E-state index in [9.17, 15) is 14.5 Å². The van der Waals surface area contributed by atoms with Gasteiger partial charge in [0.2, 0.25) is 0 Å². The third-order valence-corrected chi connectivity index (χ3v) is 3.45. The molecule has 0 amide bonds. The van der Waals surface area contributed by atoms with E-state index >= 15 is 0 Å². The van der Waals surface area contributed by atoms with Gasteiger partial charge in [0.25, 0.3) is 5.69 Å². The Morgan fingerprint density at radius 1 is 1.24 bits per heavy atom. The molecule has 0 aliphatic carbocycles. The summed E-state index contributed by atoms with van der Waals surface area (Å²) in [5.74, 6) is -0.448. The number of rotatable bonds is 6. The van der Waals surface area contributed by atoms with Gasteiger partial charge in [0.05, 0.1) is 17.2 Å². The number of halogens is 1. The van der Waals surface area contributed by atoms with Crippen LogP contribution in [-0.4, -0.2) is 30.3 Å². The molecule has 9 heteroatoms. The van der Waals surface area contributed by atoms with Crippen LogP contribution in [0.1, 0.15) is 0 Å². The molecule has 0 fully saturated rings. The Morgan fingerprint density at radius 2 is 2.04 bits per heavy atom. The molecular weight excluding hydrogens is 509 g/mol. The first-order valence-corrected chi connectivity index (χ1v) is 7.09. The molecule has 0 saturated heterocycles. The van der Waals surface area contributed by atoms with E-state index in [0.717, 1.165) is 0 Å². The second kappa shape index (κ2) is 8.15. The summed E-state index contributed by atoms with van der Waals surface area (Å²) in [4.78, 5) is 10.5. The molecule has 7 nitrogen and oxygen atoms in total. The molecule has 2 aromatic carbocycles. The minimum atomic E-state index is -0.510. The van der Waals surface area contributed by atoms with E-state index in [1.165, 1.54) is 43.5 Å². The molecule has 0 aliphatic heterocycles. The number of nitro groups is 1. The number of non-ortho nitro benzene ring substituents is 1. The van der Waals surface area contributed by atoms with Crippen molar-refractivity contribution >= 4 is 16.6 Å². The van der Waals surface area contributed by atoms with Crippen molar-refractivity contribution in [2.24, 2.45) is 0 Å². The fourth-order valence-corrected chi connectivity index (χ4v) is 2.28. The Morgan fingerprint density at radius 3 is 2.76 bits per heavy atom. The zero-order valence-electron chi connectivity index (χ0n) is 13.1. The van der Waals surface area contributed by atoms with E-state index in [1.54, 1.807) is 0 Å². The number of aromatic nitrogens is 2. The maximum atomic E-state index is 13.8. The topological polar surface area (TPSA) is 88.6 Å². The van der Waals surface area contributed by atoms with E-state index in [2.05, 4.69) is 10.2 Å². The summed E-state index contributed by atoms with van der Waals surface area (Å²) in [5.41, 5.74) is 1.47. The SMILES string of the molecule is COCCOc1cc(-c2n[n-]c3ccc([N+](=O)[O-])cc23)ccc1F.[Ir]. The third kappa shape index (κ3) is 4.01. The van der Waals surface area contributed by atoms with Gasteiger partial charge in [0, 0.05) is 44.9 Å². The second-order valence-electron chi connectivity index (χ2n) is 4.99. The van der Waals surface area contributed by atoms with Gasteiger partial charge < -0.3 is 19.7 Å². The predicted molar refractivity (Wildman–Crippen MR) is 84.5 cm³/mol. The first-order valence-electron chi connectivity index (χ1n) is 7.09. The van der Waals surface area contributed by atoms with Crippen molar-refractivity contribution in [1.82, 2.24) is 10.2 Å². The van der Waals surface area contributed by atoms with Crippen LogP contribution >= 0.6 is 0 Å². The smallest absolute Gasteiger partial charge is 0.270 e. The van der Waals surface area contributed by atoms with Gasteiger partial charge in [-0.2, -0.15) is 0 Å². The van der Waals surface area contributed by atoms with Gasteiger partial charge >= 0.3 is 0 Å². The van der Waals surface area contributed by atoms with E-state index in [-0.39, 0.29) is 38.1 Å². The molecule has 0 saturated carbocycles. The summed E-state index contributed by atoms with van der Waals surface area (Å²) >= 11 is 0. The van der Waals surface area contributed by atoms with Crippen LogP contribution in [0.3, 0.4) is 0 Å². The Labute approximate surface area is 155 Å². The van der Waals surface area contributed by atoms with Crippen molar-refractivity contribution in [3.05, 3.63) is 52.3 Å².